The van der Waals surface area contributed by atoms with Gasteiger partial charge in [0.1, 0.15) is 0 Å². The number of likely N-dealkylation sites (tertiary alicyclic amines) is 1. The zero-order valence-electron chi connectivity index (χ0n) is 13.7. The minimum Gasteiger partial charge on any atom is -0.380 e. The lowest BCUT2D eigenvalue weighted by atomic mass is 10.2. The molecule has 22 heavy (non-hydrogen) atoms. The second-order valence-electron chi connectivity index (χ2n) is 5.58. The van der Waals surface area contributed by atoms with Crippen LogP contribution in [0.4, 0.5) is 0 Å². The predicted molar refractivity (Wildman–Crippen MR) is 81.6 cm³/mol. The third-order valence-electron chi connectivity index (χ3n) is 4.34. The molecule has 1 fully saturated rings. The molecule has 1 saturated heterocycles. The Morgan fingerprint density at radius 3 is 2.82 bits per heavy atom. The van der Waals surface area contributed by atoms with Crippen LogP contribution in [0.2, 0.25) is 0 Å². The van der Waals surface area contributed by atoms with E-state index in [1.54, 1.807) is 23.6 Å². The van der Waals surface area contributed by atoms with Crippen molar-refractivity contribution in [1.29, 1.82) is 0 Å². The molecule has 1 N–H and O–H groups in total. The van der Waals surface area contributed by atoms with Gasteiger partial charge in [-0.2, -0.15) is 5.10 Å². The van der Waals surface area contributed by atoms with E-state index in [-0.39, 0.29) is 23.7 Å². The van der Waals surface area contributed by atoms with Crippen LogP contribution in [0.5, 0.6) is 0 Å². The van der Waals surface area contributed by atoms with Gasteiger partial charge in [-0.15, -0.1) is 0 Å². The first kappa shape index (κ1) is 16.7. The van der Waals surface area contributed by atoms with Crippen molar-refractivity contribution in [2.45, 2.75) is 39.0 Å². The molecule has 0 aromatic carbocycles. The molecule has 0 spiro atoms. The molecule has 0 radical (unpaired) electrons. The quantitative estimate of drug-likeness (QED) is 0.789. The predicted octanol–water partition coefficient (Wildman–Crippen LogP) is -0.169. The van der Waals surface area contributed by atoms with Gasteiger partial charge in [0.05, 0.1) is 18.7 Å². The van der Waals surface area contributed by atoms with Gasteiger partial charge in [-0.05, 0) is 20.3 Å². The highest BCUT2D eigenvalue weighted by Gasteiger charge is 2.37. The van der Waals surface area contributed by atoms with Crippen LogP contribution in [0.1, 0.15) is 32.1 Å². The zero-order chi connectivity index (χ0) is 16.3. The van der Waals surface area contributed by atoms with Gasteiger partial charge in [0.2, 0.25) is 5.91 Å². The third kappa shape index (κ3) is 3.22. The standard InChI is InChI=1S/C14H25N5O3/c1-5-17(3)12(20)9-18-8-10(22-4)7-11(18)13-15-16-14(21)19(13)6-2/h10-11H,5-9H2,1-4H3,(H,16,21)/t10-,11-/m0/s1. The number of hydrogen-bond donors (Lipinski definition) is 1. The number of hydrogen-bond acceptors (Lipinski definition) is 5. The van der Waals surface area contributed by atoms with E-state index in [9.17, 15) is 9.59 Å². The summed E-state index contributed by atoms with van der Waals surface area (Å²) in [5.74, 6) is 0.740. The number of aromatic amines is 1. The van der Waals surface area contributed by atoms with E-state index in [0.717, 1.165) is 6.42 Å². The van der Waals surface area contributed by atoms with Crippen LogP contribution in [0.25, 0.3) is 0 Å². The van der Waals surface area contributed by atoms with Gasteiger partial charge in [0.25, 0.3) is 0 Å². The van der Waals surface area contributed by atoms with E-state index in [0.29, 0.717) is 32.0 Å². The molecule has 1 aliphatic heterocycles. The van der Waals surface area contributed by atoms with Crippen LogP contribution in [0, 0.1) is 0 Å². The summed E-state index contributed by atoms with van der Waals surface area (Å²) >= 11 is 0. The molecule has 1 amide bonds. The largest absolute Gasteiger partial charge is 0.380 e. The number of likely N-dealkylation sites (N-methyl/N-ethyl adjacent to an activating group) is 1. The number of rotatable bonds is 6. The topological polar surface area (TPSA) is 83.5 Å². The van der Waals surface area contributed by atoms with Crippen LogP contribution < -0.4 is 5.69 Å². The molecule has 124 valence electrons. The van der Waals surface area contributed by atoms with Crippen molar-refractivity contribution >= 4 is 5.91 Å². The fourth-order valence-electron chi connectivity index (χ4n) is 2.84. The number of carbonyl (C=O) groups excluding carboxylic acids is 1. The number of H-pyrrole nitrogens is 1. The number of aromatic nitrogens is 3. The summed E-state index contributed by atoms with van der Waals surface area (Å²) in [6.07, 6.45) is 0.769. The fraction of sp³-hybridized carbons (Fsp3) is 0.786. The van der Waals surface area contributed by atoms with Crippen molar-refractivity contribution in [3.8, 4) is 0 Å². The molecular weight excluding hydrogens is 286 g/mol. The molecule has 1 aromatic rings. The van der Waals surface area contributed by atoms with Crippen molar-refractivity contribution in [3.63, 3.8) is 0 Å². The Bertz CT molecular complexity index is 567. The molecule has 1 aliphatic rings. The number of nitrogens with one attached hydrogen (secondary N) is 1. The molecule has 8 heteroatoms. The summed E-state index contributed by atoms with van der Waals surface area (Å²) in [6.45, 7) is 6.04. The van der Waals surface area contributed by atoms with Crippen LogP contribution in [0.15, 0.2) is 4.79 Å². The molecule has 2 rings (SSSR count). The smallest absolute Gasteiger partial charge is 0.343 e. The number of ether oxygens (including phenoxy) is 1. The summed E-state index contributed by atoms with van der Waals surface area (Å²) in [4.78, 5) is 27.7. The molecule has 2 atom stereocenters. The molecule has 8 nitrogen and oxygen atoms in total. The zero-order valence-corrected chi connectivity index (χ0v) is 13.7. The van der Waals surface area contributed by atoms with Crippen molar-refractivity contribution in [3.05, 3.63) is 16.3 Å². The van der Waals surface area contributed by atoms with E-state index in [1.165, 1.54) is 0 Å². The maximum absolute atomic E-state index is 12.2. The van der Waals surface area contributed by atoms with E-state index >= 15 is 0 Å². The normalized spacial score (nSPS) is 22.2. The van der Waals surface area contributed by atoms with Crippen molar-refractivity contribution in [2.75, 3.05) is 33.8 Å². The van der Waals surface area contributed by atoms with Gasteiger partial charge in [-0.3, -0.25) is 14.3 Å². The van der Waals surface area contributed by atoms with Gasteiger partial charge in [-0.25, -0.2) is 9.89 Å². The third-order valence-corrected chi connectivity index (χ3v) is 4.34. The molecule has 0 unspecified atom stereocenters. The maximum atomic E-state index is 12.2. The number of carbonyl (C=O) groups is 1. The number of nitrogens with zero attached hydrogens (tertiary/aromatic N) is 4. The highest BCUT2D eigenvalue weighted by Crippen LogP contribution is 2.31. The highest BCUT2D eigenvalue weighted by atomic mass is 16.5. The van der Waals surface area contributed by atoms with Crippen LogP contribution in [-0.2, 0) is 16.1 Å². The van der Waals surface area contributed by atoms with Gasteiger partial charge >= 0.3 is 5.69 Å². The summed E-state index contributed by atoms with van der Waals surface area (Å²) in [6, 6.07) is -0.0851. The first-order valence-corrected chi connectivity index (χ1v) is 7.67. The van der Waals surface area contributed by atoms with Crippen LogP contribution >= 0.6 is 0 Å². The Balaban J connectivity index is 2.22. The van der Waals surface area contributed by atoms with Gasteiger partial charge in [0, 0.05) is 33.8 Å². The SMILES string of the molecule is CCN(C)C(=O)CN1C[C@@H](OC)C[C@H]1c1n[nH]c(=O)n1CC. The lowest BCUT2D eigenvalue weighted by Gasteiger charge is -2.25. The number of methoxy groups -OCH3 is 1. The monoisotopic (exact) mass is 311 g/mol. The first-order valence-electron chi connectivity index (χ1n) is 7.67. The Morgan fingerprint density at radius 2 is 2.23 bits per heavy atom. The van der Waals surface area contributed by atoms with Gasteiger partial charge in [-0.1, -0.05) is 0 Å². The van der Waals surface area contributed by atoms with Crippen molar-refractivity contribution < 1.29 is 9.53 Å². The summed E-state index contributed by atoms with van der Waals surface area (Å²) in [7, 11) is 3.46. The fourth-order valence-corrected chi connectivity index (χ4v) is 2.84. The Kier molecular flexibility index (Phi) is 5.36. The molecule has 0 bridgehead atoms. The second-order valence-corrected chi connectivity index (χ2v) is 5.58. The molecular formula is C14H25N5O3. The Labute approximate surface area is 130 Å². The first-order chi connectivity index (χ1) is 10.5. The Morgan fingerprint density at radius 1 is 1.50 bits per heavy atom. The van der Waals surface area contributed by atoms with E-state index in [1.807, 2.05) is 18.7 Å². The van der Waals surface area contributed by atoms with E-state index in [4.69, 9.17) is 4.74 Å². The van der Waals surface area contributed by atoms with E-state index < -0.39 is 0 Å². The maximum Gasteiger partial charge on any atom is 0.343 e. The van der Waals surface area contributed by atoms with Crippen molar-refractivity contribution in [1.82, 2.24) is 24.6 Å². The van der Waals surface area contributed by atoms with Crippen LogP contribution in [0.3, 0.4) is 0 Å². The average Bonchev–Trinajstić information content (AvgIpc) is 3.08. The Hall–Kier alpha value is -1.67. The highest BCUT2D eigenvalue weighted by molar-refractivity contribution is 5.78. The molecule has 0 saturated carbocycles. The summed E-state index contributed by atoms with van der Waals surface area (Å²) < 4.78 is 7.06. The molecule has 2 heterocycles. The lowest BCUT2D eigenvalue weighted by Crippen LogP contribution is -2.39. The number of amides is 1. The van der Waals surface area contributed by atoms with Gasteiger partial charge < -0.3 is 9.64 Å². The second kappa shape index (κ2) is 7.06. The summed E-state index contributed by atoms with van der Waals surface area (Å²) in [5.41, 5.74) is -0.213. The van der Waals surface area contributed by atoms with E-state index in [2.05, 4.69) is 10.2 Å². The molecule has 1 aromatic heterocycles. The average molecular weight is 311 g/mol. The summed E-state index contributed by atoms with van der Waals surface area (Å²) in [5, 5.41) is 6.66. The minimum atomic E-state index is -0.213. The van der Waals surface area contributed by atoms with Gasteiger partial charge in [0.15, 0.2) is 5.82 Å². The lowest BCUT2D eigenvalue weighted by molar-refractivity contribution is -0.131. The molecule has 0 aliphatic carbocycles. The van der Waals surface area contributed by atoms with Crippen molar-refractivity contribution in [2.24, 2.45) is 0 Å². The minimum absolute atomic E-state index is 0.0434. The van der Waals surface area contributed by atoms with Crippen LogP contribution in [-0.4, -0.2) is 70.4 Å².